The highest BCUT2D eigenvalue weighted by Gasteiger charge is 2.33. The molecule has 1 aliphatic rings. The summed E-state index contributed by atoms with van der Waals surface area (Å²) in [6.07, 6.45) is 1.95. The van der Waals surface area contributed by atoms with Gasteiger partial charge in [-0.1, -0.05) is 24.3 Å². The van der Waals surface area contributed by atoms with Gasteiger partial charge in [-0.05, 0) is 12.1 Å². The molecule has 0 spiro atoms. The van der Waals surface area contributed by atoms with Gasteiger partial charge in [0, 0.05) is 48.4 Å². The van der Waals surface area contributed by atoms with Gasteiger partial charge in [-0.3, -0.25) is 18.0 Å². The molecule has 0 saturated carbocycles. The van der Waals surface area contributed by atoms with Crippen LogP contribution in [0.25, 0.3) is 0 Å². The van der Waals surface area contributed by atoms with Gasteiger partial charge in [0.25, 0.3) is 0 Å². The molecule has 44 heavy (non-hydrogen) atoms. The summed E-state index contributed by atoms with van der Waals surface area (Å²) in [5.41, 5.74) is 3.45. The normalized spacial score (nSPS) is 13.0. The molecule has 16 heteroatoms. The van der Waals surface area contributed by atoms with Gasteiger partial charge < -0.3 is 28.7 Å². The van der Waals surface area contributed by atoms with Crippen LogP contribution in [0.15, 0.2) is 36.4 Å². The van der Waals surface area contributed by atoms with E-state index in [1.165, 1.54) is 0 Å². The highest BCUT2D eigenvalue weighted by molar-refractivity contribution is 7.81. The van der Waals surface area contributed by atoms with Gasteiger partial charge in [-0.2, -0.15) is 0 Å². The summed E-state index contributed by atoms with van der Waals surface area (Å²) in [7, 11) is 5.79. The zero-order valence-corrected chi connectivity index (χ0v) is 28.1. The number of fused-ring (bicyclic) bond motifs is 2. The first-order chi connectivity index (χ1) is 20.1. The molecule has 0 fully saturated rings. The van der Waals surface area contributed by atoms with Gasteiger partial charge in [-0.15, -0.1) is 0 Å². The predicted octanol–water partition coefficient (Wildman–Crippen LogP) is 1.66. The van der Waals surface area contributed by atoms with Crippen LogP contribution in [0.5, 0.6) is 0 Å². The lowest BCUT2D eigenvalue weighted by molar-refractivity contribution is -0.870. The SMILES string of the molecule is COS(=O)(=O)[O-].COS(=O)(=O)[O-].C[N+](C)(C)CCCNc1ccc(NCCC[N+](C)(C)C)c2c1C(=O)c1ccccc1C2=O. The fourth-order valence-electron chi connectivity index (χ4n) is 4.07. The van der Waals surface area contributed by atoms with Crippen LogP contribution in [0.1, 0.15) is 44.7 Å². The van der Waals surface area contributed by atoms with Crippen molar-refractivity contribution in [1.29, 1.82) is 0 Å². The first-order valence-corrected chi connectivity index (χ1v) is 16.2. The van der Waals surface area contributed by atoms with Crippen molar-refractivity contribution in [1.82, 2.24) is 0 Å². The number of anilines is 2. The molecule has 0 unspecified atom stereocenters. The third-order valence-electron chi connectivity index (χ3n) is 6.13. The average molecular weight is 661 g/mol. The van der Waals surface area contributed by atoms with E-state index in [0.717, 1.165) is 73.6 Å². The van der Waals surface area contributed by atoms with Crippen molar-refractivity contribution in [3.8, 4) is 0 Å². The smallest absolute Gasteiger partial charge is 0.217 e. The number of ketones is 2. The maximum absolute atomic E-state index is 13.5. The zero-order valence-electron chi connectivity index (χ0n) is 26.5. The monoisotopic (exact) mass is 660 g/mol. The van der Waals surface area contributed by atoms with Gasteiger partial charge >= 0.3 is 0 Å². The molecular weight excluding hydrogens is 616 g/mol. The van der Waals surface area contributed by atoms with E-state index in [1.54, 1.807) is 12.1 Å². The lowest BCUT2D eigenvalue weighted by Crippen LogP contribution is -2.36. The molecule has 2 aromatic rings. The van der Waals surface area contributed by atoms with E-state index in [9.17, 15) is 35.5 Å². The molecular formula is C28H44N4O10S2. The van der Waals surface area contributed by atoms with Crippen molar-refractivity contribution < 1.29 is 52.9 Å². The van der Waals surface area contributed by atoms with Crippen molar-refractivity contribution in [2.24, 2.45) is 0 Å². The van der Waals surface area contributed by atoms with E-state index in [2.05, 4.69) is 61.3 Å². The van der Waals surface area contributed by atoms with Crippen LogP contribution >= 0.6 is 0 Å². The summed E-state index contributed by atoms with van der Waals surface area (Å²) in [4.78, 5) is 26.9. The summed E-state index contributed by atoms with van der Waals surface area (Å²) in [6.45, 7) is 3.55. The first kappa shape index (κ1) is 39.1. The van der Waals surface area contributed by atoms with Crippen molar-refractivity contribution in [3.63, 3.8) is 0 Å². The Morgan fingerprint density at radius 2 is 0.932 bits per heavy atom. The number of carbonyl (C=O) groups excluding carboxylic acids is 2. The van der Waals surface area contributed by atoms with Crippen LogP contribution in [0, 0.1) is 0 Å². The molecule has 1 aliphatic carbocycles. The maximum Gasteiger partial charge on any atom is 0.217 e. The third kappa shape index (κ3) is 14.2. The Bertz CT molecular complexity index is 1390. The second kappa shape index (κ2) is 16.4. The Morgan fingerprint density at radius 3 is 1.18 bits per heavy atom. The highest BCUT2D eigenvalue weighted by atomic mass is 32.3. The van der Waals surface area contributed by atoms with Crippen LogP contribution in [-0.2, 0) is 29.2 Å². The lowest BCUT2D eigenvalue weighted by Gasteiger charge is -2.26. The summed E-state index contributed by atoms with van der Waals surface area (Å²) >= 11 is 0. The number of rotatable bonds is 12. The van der Waals surface area contributed by atoms with Crippen molar-refractivity contribution in [2.45, 2.75) is 12.8 Å². The Kier molecular flexibility index (Phi) is 14.5. The zero-order chi connectivity index (χ0) is 33.9. The summed E-state index contributed by atoms with van der Waals surface area (Å²) in [5, 5.41) is 6.86. The van der Waals surface area contributed by atoms with Crippen molar-refractivity contribution >= 4 is 43.7 Å². The minimum Gasteiger partial charge on any atom is -0.726 e. The summed E-state index contributed by atoms with van der Waals surface area (Å²) in [6, 6.07) is 11.0. The van der Waals surface area contributed by atoms with Crippen LogP contribution in [-0.4, -0.2) is 129 Å². The van der Waals surface area contributed by atoms with Gasteiger partial charge in [0.05, 0.1) is 80.7 Å². The minimum atomic E-state index is -4.41. The Labute approximate surface area is 261 Å². The van der Waals surface area contributed by atoms with E-state index in [0.29, 0.717) is 22.3 Å². The Morgan fingerprint density at radius 1 is 0.636 bits per heavy atom. The van der Waals surface area contributed by atoms with Crippen LogP contribution in [0.2, 0.25) is 0 Å². The second-order valence-corrected chi connectivity index (χ2v) is 14.2. The van der Waals surface area contributed by atoms with Crippen LogP contribution in [0.4, 0.5) is 11.4 Å². The fourth-order valence-corrected chi connectivity index (χ4v) is 4.07. The van der Waals surface area contributed by atoms with Gasteiger partial charge in [0.15, 0.2) is 11.6 Å². The number of carbonyl (C=O) groups is 2. The lowest BCUT2D eigenvalue weighted by atomic mass is 9.82. The second-order valence-electron chi connectivity index (χ2n) is 11.9. The molecule has 14 nitrogen and oxygen atoms in total. The molecule has 0 atom stereocenters. The summed E-state index contributed by atoms with van der Waals surface area (Å²) < 4.78 is 63.8. The minimum absolute atomic E-state index is 0.0840. The Hall–Kier alpha value is -2.96. The molecule has 2 N–H and O–H groups in total. The topological polar surface area (TPSA) is 191 Å². The number of nitrogens with one attached hydrogen (secondary N) is 2. The standard InChI is InChI=1S/C26H36N4O2.2CH4O4S/c1-29(2,3)17-9-15-27-21-13-14-22(28-16-10-18-30(4,5)6)24-23(21)25(31)19-11-7-8-12-20(19)26(24)32;2*1-5-6(2,3)4/h7-8,11-14H,9-10,15-18H2,1-6H3;2*1H3,(H,2,3,4). The quantitative estimate of drug-likeness (QED) is 0.124. The fraction of sp³-hybridized carbons (Fsp3) is 0.500. The largest absolute Gasteiger partial charge is 0.726 e. The van der Waals surface area contributed by atoms with E-state index in [-0.39, 0.29) is 11.6 Å². The van der Waals surface area contributed by atoms with Crippen LogP contribution in [0.3, 0.4) is 0 Å². The third-order valence-corrected chi connectivity index (χ3v) is 6.94. The molecule has 248 valence electrons. The van der Waals surface area contributed by atoms with Crippen molar-refractivity contribution in [2.75, 3.05) is 93.3 Å². The number of benzene rings is 2. The molecule has 0 aromatic heterocycles. The van der Waals surface area contributed by atoms with E-state index >= 15 is 0 Å². The first-order valence-electron chi connectivity index (χ1n) is 13.6. The number of nitrogens with zero attached hydrogens (tertiary/aromatic N) is 2. The van der Waals surface area contributed by atoms with E-state index in [4.69, 9.17) is 0 Å². The molecule has 0 bridgehead atoms. The molecule has 3 rings (SSSR count). The van der Waals surface area contributed by atoms with E-state index < -0.39 is 20.8 Å². The molecule has 0 radical (unpaired) electrons. The molecule has 0 heterocycles. The predicted molar refractivity (Wildman–Crippen MR) is 165 cm³/mol. The van der Waals surface area contributed by atoms with Gasteiger partial charge in [-0.25, -0.2) is 16.8 Å². The molecule has 2 aromatic carbocycles. The average Bonchev–Trinajstić information content (AvgIpc) is 2.91. The Balaban J connectivity index is 0.000000681. The van der Waals surface area contributed by atoms with Crippen molar-refractivity contribution in [3.05, 3.63) is 58.7 Å². The number of hydrogen-bond acceptors (Lipinski definition) is 12. The number of quaternary nitrogens is 2. The molecule has 0 saturated heterocycles. The van der Waals surface area contributed by atoms with Gasteiger partial charge in [0.2, 0.25) is 20.8 Å². The molecule has 0 amide bonds. The van der Waals surface area contributed by atoms with E-state index in [1.807, 2.05) is 24.3 Å². The van der Waals surface area contributed by atoms with Gasteiger partial charge in [0.1, 0.15) is 0 Å². The number of hydrogen-bond donors (Lipinski definition) is 2. The summed E-state index contributed by atoms with van der Waals surface area (Å²) in [5.74, 6) is -0.168. The maximum atomic E-state index is 13.5. The highest BCUT2D eigenvalue weighted by Crippen LogP contribution is 2.36. The molecule has 0 aliphatic heterocycles. The van der Waals surface area contributed by atoms with Crippen LogP contribution < -0.4 is 10.6 Å².